The molecule has 0 aliphatic carbocycles. The standard InChI is InChI=1S/C26H45N5O2.ClH/c1-9-10-13-30-23(32)22(16-18(2)3)27-24(33)26(30)11-14-29(15-12-26)17-21-19(4)28-31(20(21)5)25(6,7)8;/h18,22H,9-17H2,1-8H3,(H,27,33);1H/t22-;/m0./s1. The van der Waals surface area contributed by atoms with Crippen molar-refractivity contribution in [1.82, 2.24) is 24.9 Å². The summed E-state index contributed by atoms with van der Waals surface area (Å²) < 4.78 is 2.12. The van der Waals surface area contributed by atoms with Gasteiger partial charge in [-0.25, -0.2) is 0 Å². The molecule has 194 valence electrons. The second-order valence-electron chi connectivity index (χ2n) is 11.5. The predicted molar refractivity (Wildman–Crippen MR) is 139 cm³/mol. The summed E-state index contributed by atoms with van der Waals surface area (Å²) in [6.45, 7) is 20.2. The first kappa shape index (κ1) is 28.6. The van der Waals surface area contributed by atoms with E-state index in [9.17, 15) is 9.59 Å². The Morgan fingerprint density at radius 3 is 2.26 bits per heavy atom. The Labute approximate surface area is 212 Å². The molecule has 7 nitrogen and oxygen atoms in total. The summed E-state index contributed by atoms with van der Waals surface area (Å²) in [6.07, 6.45) is 4.02. The van der Waals surface area contributed by atoms with Crippen LogP contribution >= 0.6 is 12.4 Å². The van der Waals surface area contributed by atoms with Crippen molar-refractivity contribution in [3.63, 3.8) is 0 Å². The van der Waals surface area contributed by atoms with Gasteiger partial charge >= 0.3 is 0 Å². The first-order valence-corrected chi connectivity index (χ1v) is 12.8. The molecule has 3 rings (SSSR count). The lowest BCUT2D eigenvalue weighted by molar-refractivity contribution is -0.161. The smallest absolute Gasteiger partial charge is 0.246 e. The molecule has 1 aromatic rings. The largest absolute Gasteiger partial charge is 0.342 e. The fourth-order valence-electron chi connectivity index (χ4n) is 5.51. The number of unbranched alkanes of at least 4 members (excludes halogenated alkanes) is 1. The van der Waals surface area contributed by atoms with Gasteiger partial charge in [-0.1, -0.05) is 27.2 Å². The second kappa shape index (κ2) is 11.0. The summed E-state index contributed by atoms with van der Waals surface area (Å²) in [5, 5.41) is 7.91. The van der Waals surface area contributed by atoms with Crippen LogP contribution in [0.3, 0.4) is 0 Å². The third-order valence-corrected chi connectivity index (χ3v) is 7.39. The van der Waals surface area contributed by atoms with Gasteiger partial charge in [-0.15, -0.1) is 12.4 Å². The molecule has 1 N–H and O–H groups in total. The van der Waals surface area contributed by atoms with Crippen molar-refractivity contribution in [2.75, 3.05) is 19.6 Å². The second-order valence-corrected chi connectivity index (χ2v) is 11.5. The molecule has 2 fully saturated rings. The summed E-state index contributed by atoms with van der Waals surface area (Å²) in [7, 11) is 0. The highest BCUT2D eigenvalue weighted by Gasteiger charge is 2.53. The van der Waals surface area contributed by atoms with Gasteiger partial charge in [0.25, 0.3) is 0 Å². The molecule has 2 amide bonds. The molecule has 0 unspecified atom stereocenters. The van der Waals surface area contributed by atoms with Gasteiger partial charge in [-0.3, -0.25) is 19.2 Å². The van der Waals surface area contributed by atoms with E-state index in [1.54, 1.807) is 0 Å². The van der Waals surface area contributed by atoms with E-state index in [1.807, 2.05) is 4.90 Å². The van der Waals surface area contributed by atoms with Gasteiger partial charge in [0.1, 0.15) is 11.6 Å². The zero-order valence-electron chi connectivity index (χ0n) is 22.5. The molecule has 2 aliphatic heterocycles. The van der Waals surface area contributed by atoms with Crippen molar-refractivity contribution in [2.24, 2.45) is 5.92 Å². The van der Waals surface area contributed by atoms with E-state index < -0.39 is 5.54 Å². The van der Waals surface area contributed by atoms with Crippen LogP contribution in [0.2, 0.25) is 0 Å². The Hall–Kier alpha value is -1.60. The first-order valence-electron chi connectivity index (χ1n) is 12.8. The number of aryl methyl sites for hydroxylation is 1. The summed E-state index contributed by atoms with van der Waals surface area (Å²) in [6, 6.07) is -0.383. The summed E-state index contributed by atoms with van der Waals surface area (Å²) in [5.74, 6) is 0.531. The normalized spacial score (nSPS) is 21.2. The van der Waals surface area contributed by atoms with Crippen molar-refractivity contribution in [3.05, 3.63) is 17.0 Å². The maximum atomic E-state index is 13.4. The number of nitrogens with one attached hydrogen (secondary N) is 1. The molecule has 3 heterocycles. The number of hydrogen-bond acceptors (Lipinski definition) is 4. The van der Waals surface area contributed by atoms with Crippen molar-refractivity contribution < 1.29 is 9.59 Å². The van der Waals surface area contributed by atoms with Gasteiger partial charge in [0.15, 0.2) is 0 Å². The van der Waals surface area contributed by atoms with E-state index in [1.165, 1.54) is 11.3 Å². The van der Waals surface area contributed by atoms with Crippen LogP contribution in [-0.2, 0) is 21.7 Å². The highest BCUT2D eigenvalue weighted by atomic mass is 35.5. The number of likely N-dealkylation sites (tertiary alicyclic amines) is 1. The molecule has 0 saturated carbocycles. The van der Waals surface area contributed by atoms with Crippen molar-refractivity contribution >= 4 is 24.2 Å². The molecule has 2 saturated heterocycles. The van der Waals surface area contributed by atoms with Crippen molar-refractivity contribution in [1.29, 1.82) is 0 Å². The fourth-order valence-corrected chi connectivity index (χ4v) is 5.51. The molecule has 1 spiro atoms. The van der Waals surface area contributed by atoms with Crippen molar-refractivity contribution in [3.8, 4) is 0 Å². The van der Waals surface area contributed by atoms with Gasteiger partial charge in [0.2, 0.25) is 11.8 Å². The quantitative estimate of drug-likeness (QED) is 0.615. The molecule has 1 aromatic heterocycles. The first-order chi connectivity index (χ1) is 15.4. The average molecular weight is 496 g/mol. The number of piperazine rings is 1. The van der Waals surface area contributed by atoms with E-state index >= 15 is 0 Å². The van der Waals surface area contributed by atoms with E-state index in [4.69, 9.17) is 5.10 Å². The molecule has 0 aromatic carbocycles. The van der Waals surface area contributed by atoms with Gasteiger partial charge in [-0.05, 0) is 66.2 Å². The van der Waals surface area contributed by atoms with Crippen LogP contribution in [-0.4, -0.2) is 62.6 Å². The zero-order valence-corrected chi connectivity index (χ0v) is 23.3. The molecule has 34 heavy (non-hydrogen) atoms. The SMILES string of the molecule is CCCCN1C(=O)[C@H](CC(C)C)NC(=O)C12CCN(Cc1c(C)nn(C(C)(C)C)c1C)CC2.Cl. The van der Waals surface area contributed by atoms with Crippen LogP contribution in [0.1, 0.15) is 90.6 Å². The number of carbonyl (C=O) groups is 2. The third kappa shape index (κ3) is 5.62. The van der Waals surface area contributed by atoms with E-state index in [2.05, 4.69) is 70.3 Å². The lowest BCUT2D eigenvalue weighted by Gasteiger charge is -2.52. The third-order valence-electron chi connectivity index (χ3n) is 7.39. The Morgan fingerprint density at radius 1 is 1.15 bits per heavy atom. The molecule has 0 bridgehead atoms. The van der Waals surface area contributed by atoms with Crippen LogP contribution in [0.15, 0.2) is 0 Å². The lowest BCUT2D eigenvalue weighted by Crippen LogP contribution is -2.73. The maximum absolute atomic E-state index is 13.4. The van der Waals surface area contributed by atoms with E-state index in [0.717, 1.165) is 38.2 Å². The van der Waals surface area contributed by atoms with Crippen LogP contribution in [0, 0.1) is 19.8 Å². The Bertz CT molecular complexity index is 865. The Balaban J connectivity index is 0.00000408. The monoisotopic (exact) mass is 495 g/mol. The fraction of sp³-hybridized carbons (Fsp3) is 0.808. The summed E-state index contributed by atoms with van der Waals surface area (Å²) in [5.41, 5.74) is 2.83. The Kier molecular flexibility index (Phi) is 9.25. The number of rotatable bonds is 7. The minimum Gasteiger partial charge on any atom is -0.342 e. The van der Waals surface area contributed by atoms with Crippen LogP contribution in [0.25, 0.3) is 0 Å². The minimum absolute atomic E-state index is 0. The van der Waals surface area contributed by atoms with Crippen LogP contribution < -0.4 is 5.32 Å². The topological polar surface area (TPSA) is 70.5 Å². The van der Waals surface area contributed by atoms with Gasteiger partial charge in [0, 0.05) is 37.4 Å². The minimum atomic E-state index is -0.698. The van der Waals surface area contributed by atoms with E-state index in [0.29, 0.717) is 31.7 Å². The summed E-state index contributed by atoms with van der Waals surface area (Å²) >= 11 is 0. The molecule has 8 heteroatoms. The number of aromatic nitrogens is 2. The highest BCUT2D eigenvalue weighted by molar-refractivity contribution is 6.00. The number of amides is 2. The van der Waals surface area contributed by atoms with Crippen LogP contribution in [0.4, 0.5) is 0 Å². The molecular formula is C26H46ClN5O2. The van der Waals surface area contributed by atoms with E-state index in [-0.39, 0.29) is 35.8 Å². The molecular weight excluding hydrogens is 450 g/mol. The Morgan fingerprint density at radius 2 is 1.76 bits per heavy atom. The number of carbonyl (C=O) groups excluding carboxylic acids is 2. The molecule has 0 radical (unpaired) electrons. The zero-order chi connectivity index (χ0) is 24.6. The van der Waals surface area contributed by atoms with Gasteiger partial charge in [0.05, 0.1) is 11.2 Å². The lowest BCUT2D eigenvalue weighted by atomic mass is 9.80. The van der Waals surface area contributed by atoms with Gasteiger partial charge < -0.3 is 10.2 Å². The number of nitrogens with zero attached hydrogens (tertiary/aromatic N) is 4. The summed E-state index contributed by atoms with van der Waals surface area (Å²) in [4.78, 5) is 31.2. The molecule has 1 atom stereocenters. The highest BCUT2D eigenvalue weighted by Crippen LogP contribution is 2.35. The number of halogens is 1. The average Bonchev–Trinajstić information content (AvgIpc) is 3.01. The predicted octanol–water partition coefficient (Wildman–Crippen LogP) is 4.18. The van der Waals surface area contributed by atoms with Gasteiger partial charge in [-0.2, -0.15) is 5.10 Å². The maximum Gasteiger partial charge on any atom is 0.246 e. The molecule has 2 aliphatic rings. The number of hydrogen-bond donors (Lipinski definition) is 1. The van der Waals surface area contributed by atoms with Crippen molar-refractivity contribution in [2.45, 2.75) is 111 Å². The number of piperidine rings is 1. The van der Waals surface area contributed by atoms with Crippen LogP contribution in [0.5, 0.6) is 0 Å².